The molecular weight excluding hydrogens is 180 g/mol. The van der Waals surface area contributed by atoms with Crippen LogP contribution in [-0.4, -0.2) is 31.7 Å². The number of nitrogens with two attached hydrogens (primary N) is 1. The highest BCUT2D eigenvalue weighted by Gasteiger charge is 2.18. The van der Waals surface area contributed by atoms with Crippen molar-refractivity contribution in [3.8, 4) is 0 Å². The van der Waals surface area contributed by atoms with Crippen LogP contribution in [0.15, 0.2) is 0 Å². The summed E-state index contributed by atoms with van der Waals surface area (Å²) >= 11 is 0. The Bertz CT molecular complexity index is 170. The lowest BCUT2D eigenvalue weighted by molar-refractivity contribution is -0.119. The number of primary amides is 1. The quantitative estimate of drug-likeness (QED) is 0.568. The third kappa shape index (κ3) is 8.01. The maximum atomic E-state index is 10.7. The van der Waals surface area contributed by atoms with Crippen LogP contribution >= 0.6 is 0 Å². The molecule has 0 rings (SSSR count). The summed E-state index contributed by atoms with van der Waals surface area (Å²) < 4.78 is 4.94. The van der Waals surface area contributed by atoms with Gasteiger partial charge in [-0.05, 0) is 33.2 Å². The van der Waals surface area contributed by atoms with Gasteiger partial charge in [0, 0.05) is 25.7 Å². The lowest BCUT2D eigenvalue weighted by Crippen LogP contribution is -2.43. The van der Waals surface area contributed by atoms with Crippen LogP contribution in [-0.2, 0) is 9.53 Å². The number of hydrogen-bond acceptors (Lipinski definition) is 3. The van der Waals surface area contributed by atoms with Gasteiger partial charge in [0.05, 0.1) is 0 Å². The maximum absolute atomic E-state index is 10.7. The number of unbranched alkanes of at least 4 members (excludes halogenated alkanes) is 1. The zero-order valence-electron chi connectivity index (χ0n) is 9.43. The molecule has 0 aliphatic rings. The van der Waals surface area contributed by atoms with Crippen LogP contribution in [0.1, 0.15) is 33.1 Å². The number of hydrogen-bond donors (Lipinski definition) is 2. The molecule has 0 aromatic heterocycles. The van der Waals surface area contributed by atoms with E-state index >= 15 is 0 Å². The minimum Gasteiger partial charge on any atom is -0.385 e. The molecule has 0 aliphatic heterocycles. The lowest BCUT2D eigenvalue weighted by Gasteiger charge is -2.24. The second kappa shape index (κ2) is 6.79. The summed E-state index contributed by atoms with van der Waals surface area (Å²) in [6.45, 7) is 5.64. The summed E-state index contributed by atoms with van der Waals surface area (Å²) in [5, 5.41) is 3.29. The molecule has 14 heavy (non-hydrogen) atoms. The Kier molecular flexibility index (Phi) is 6.49. The molecule has 3 N–H and O–H groups in total. The number of carbonyl (C=O) groups is 1. The Labute approximate surface area is 86.2 Å². The van der Waals surface area contributed by atoms with E-state index in [9.17, 15) is 4.79 Å². The zero-order valence-corrected chi connectivity index (χ0v) is 9.43. The lowest BCUT2D eigenvalue weighted by atomic mass is 10.0. The van der Waals surface area contributed by atoms with E-state index in [1.54, 1.807) is 7.11 Å². The first-order valence-corrected chi connectivity index (χ1v) is 5.00. The maximum Gasteiger partial charge on any atom is 0.219 e. The number of rotatable bonds is 8. The second-order valence-electron chi connectivity index (χ2n) is 4.15. The van der Waals surface area contributed by atoms with Gasteiger partial charge < -0.3 is 15.8 Å². The average molecular weight is 202 g/mol. The molecule has 0 aromatic carbocycles. The van der Waals surface area contributed by atoms with E-state index in [2.05, 4.69) is 5.32 Å². The second-order valence-corrected chi connectivity index (χ2v) is 4.15. The van der Waals surface area contributed by atoms with Gasteiger partial charge in [-0.3, -0.25) is 4.79 Å². The summed E-state index contributed by atoms with van der Waals surface area (Å²) in [5.74, 6) is -0.264. The fraction of sp³-hybridized carbons (Fsp3) is 0.900. The van der Waals surface area contributed by atoms with E-state index in [0.717, 1.165) is 26.0 Å². The van der Waals surface area contributed by atoms with Crippen LogP contribution < -0.4 is 11.1 Å². The SMILES string of the molecule is COCCCCNC(C)(C)CC(N)=O. The third-order valence-corrected chi connectivity index (χ3v) is 1.99. The van der Waals surface area contributed by atoms with Gasteiger partial charge in [0.15, 0.2) is 0 Å². The van der Waals surface area contributed by atoms with Crippen molar-refractivity contribution < 1.29 is 9.53 Å². The van der Waals surface area contributed by atoms with E-state index in [-0.39, 0.29) is 11.4 Å². The van der Waals surface area contributed by atoms with Crippen LogP contribution in [0, 0.1) is 0 Å². The summed E-state index contributed by atoms with van der Waals surface area (Å²) in [5.41, 5.74) is 4.94. The molecule has 0 fully saturated rings. The molecule has 0 spiro atoms. The molecule has 1 amide bonds. The van der Waals surface area contributed by atoms with Gasteiger partial charge in [-0.15, -0.1) is 0 Å². The molecule has 84 valence electrons. The topological polar surface area (TPSA) is 64.3 Å². The minimum atomic E-state index is -0.264. The molecule has 0 heterocycles. The Balaban J connectivity index is 3.50. The van der Waals surface area contributed by atoms with Gasteiger partial charge >= 0.3 is 0 Å². The summed E-state index contributed by atoms with van der Waals surface area (Å²) in [6, 6.07) is 0. The van der Waals surface area contributed by atoms with E-state index in [1.165, 1.54) is 0 Å². The molecule has 0 radical (unpaired) electrons. The smallest absolute Gasteiger partial charge is 0.219 e. The van der Waals surface area contributed by atoms with Crippen molar-refractivity contribution >= 4 is 5.91 Å². The predicted octanol–water partition coefficient (Wildman–Crippen LogP) is 0.657. The molecule has 0 saturated heterocycles. The number of carbonyl (C=O) groups excluding carboxylic acids is 1. The van der Waals surface area contributed by atoms with E-state index in [1.807, 2.05) is 13.8 Å². The van der Waals surface area contributed by atoms with Crippen molar-refractivity contribution in [3.63, 3.8) is 0 Å². The van der Waals surface area contributed by atoms with Crippen LogP contribution in [0.3, 0.4) is 0 Å². The highest BCUT2D eigenvalue weighted by atomic mass is 16.5. The first-order valence-electron chi connectivity index (χ1n) is 5.00. The number of ether oxygens (including phenoxy) is 1. The van der Waals surface area contributed by atoms with Crippen molar-refractivity contribution in [1.29, 1.82) is 0 Å². The van der Waals surface area contributed by atoms with E-state index < -0.39 is 0 Å². The van der Waals surface area contributed by atoms with Gasteiger partial charge in [0.1, 0.15) is 0 Å². The summed E-state index contributed by atoms with van der Waals surface area (Å²) in [4.78, 5) is 10.7. The highest BCUT2D eigenvalue weighted by molar-refractivity contribution is 5.74. The fourth-order valence-electron chi connectivity index (χ4n) is 1.30. The van der Waals surface area contributed by atoms with Gasteiger partial charge in [-0.1, -0.05) is 0 Å². The Morgan fingerprint density at radius 2 is 2.07 bits per heavy atom. The van der Waals surface area contributed by atoms with Crippen molar-refractivity contribution in [1.82, 2.24) is 5.32 Å². The molecule has 0 atom stereocenters. The van der Waals surface area contributed by atoms with E-state index in [0.29, 0.717) is 6.42 Å². The van der Waals surface area contributed by atoms with Gasteiger partial charge in [-0.25, -0.2) is 0 Å². The number of methoxy groups -OCH3 is 1. The fourth-order valence-corrected chi connectivity index (χ4v) is 1.30. The van der Waals surface area contributed by atoms with Crippen molar-refractivity contribution in [2.45, 2.75) is 38.6 Å². The predicted molar refractivity (Wildman–Crippen MR) is 57.0 cm³/mol. The Hall–Kier alpha value is -0.610. The third-order valence-electron chi connectivity index (χ3n) is 1.99. The zero-order chi connectivity index (χ0) is 11.0. The summed E-state index contributed by atoms with van der Waals surface area (Å²) in [7, 11) is 1.70. The molecule has 0 aromatic rings. The van der Waals surface area contributed by atoms with E-state index in [4.69, 9.17) is 10.5 Å². The average Bonchev–Trinajstić information content (AvgIpc) is 2.01. The molecule has 4 heteroatoms. The largest absolute Gasteiger partial charge is 0.385 e. The summed E-state index contributed by atoms with van der Waals surface area (Å²) in [6.07, 6.45) is 2.46. The van der Waals surface area contributed by atoms with Crippen molar-refractivity contribution in [2.75, 3.05) is 20.3 Å². The van der Waals surface area contributed by atoms with Crippen molar-refractivity contribution in [3.05, 3.63) is 0 Å². The molecule has 4 nitrogen and oxygen atoms in total. The monoisotopic (exact) mass is 202 g/mol. The minimum absolute atomic E-state index is 0.196. The number of nitrogens with one attached hydrogen (secondary N) is 1. The molecule has 0 unspecified atom stereocenters. The van der Waals surface area contributed by atoms with Gasteiger partial charge in [-0.2, -0.15) is 0 Å². The first-order chi connectivity index (χ1) is 6.48. The first kappa shape index (κ1) is 13.4. The Morgan fingerprint density at radius 1 is 1.43 bits per heavy atom. The van der Waals surface area contributed by atoms with Crippen LogP contribution in [0.2, 0.25) is 0 Å². The standard InChI is InChI=1S/C10H22N2O2/c1-10(2,8-9(11)13)12-6-4-5-7-14-3/h12H,4-8H2,1-3H3,(H2,11,13). The highest BCUT2D eigenvalue weighted by Crippen LogP contribution is 2.07. The molecule has 0 saturated carbocycles. The van der Waals surface area contributed by atoms with Crippen LogP contribution in [0.25, 0.3) is 0 Å². The molecular formula is C10H22N2O2. The number of amides is 1. The van der Waals surface area contributed by atoms with Crippen LogP contribution in [0.4, 0.5) is 0 Å². The Morgan fingerprint density at radius 3 is 2.57 bits per heavy atom. The van der Waals surface area contributed by atoms with Crippen molar-refractivity contribution in [2.24, 2.45) is 5.73 Å². The molecule has 0 aliphatic carbocycles. The molecule has 0 bridgehead atoms. The van der Waals surface area contributed by atoms with Gasteiger partial charge in [0.2, 0.25) is 5.91 Å². The van der Waals surface area contributed by atoms with Crippen LogP contribution in [0.5, 0.6) is 0 Å². The van der Waals surface area contributed by atoms with Gasteiger partial charge in [0.25, 0.3) is 0 Å². The normalized spacial score (nSPS) is 11.6.